The predicted octanol–water partition coefficient (Wildman–Crippen LogP) is 1.10. The van der Waals surface area contributed by atoms with Crippen LogP contribution in [0.15, 0.2) is 18.2 Å². The molecule has 1 heterocycles. The highest BCUT2D eigenvalue weighted by Gasteiger charge is 2.22. The Labute approximate surface area is 105 Å². The first kappa shape index (κ1) is 12.1. The molecule has 0 N–H and O–H groups in total. The van der Waals surface area contributed by atoms with Crippen LogP contribution in [0.5, 0.6) is 0 Å². The molecule has 18 heavy (non-hydrogen) atoms. The number of benzene rings is 1. The number of morpholine rings is 1. The summed E-state index contributed by atoms with van der Waals surface area (Å²) in [7, 11) is 0. The van der Waals surface area contributed by atoms with E-state index in [0.29, 0.717) is 37.1 Å². The Hall–Kier alpha value is -2.37. The fourth-order valence-corrected chi connectivity index (χ4v) is 1.94. The van der Waals surface area contributed by atoms with Crippen molar-refractivity contribution in [2.75, 3.05) is 24.6 Å². The van der Waals surface area contributed by atoms with Crippen LogP contribution in [0.3, 0.4) is 0 Å². The minimum absolute atomic E-state index is 0.436. The Kier molecular flexibility index (Phi) is 3.57. The van der Waals surface area contributed by atoms with E-state index in [2.05, 4.69) is 12.1 Å². The van der Waals surface area contributed by atoms with Crippen LogP contribution in [-0.4, -0.2) is 32.1 Å². The van der Waals surface area contributed by atoms with E-state index in [1.54, 1.807) is 18.2 Å². The summed E-state index contributed by atoms with van der Waals surface area (Å²) in [5, 5.41) is 18.0. The number of nitrogens with zero attached hydrogens (tertiary/aromatic N) is 3. The molecule has 1 unspecified atom stereocenters. The van der Waals surface area contributed by atoms with Crippen molar-refractivity contribution in [1.82, 2.24) is 0 Å². The summed E-state index contributed by atoms with van der Waals surface area (Å²) in [6.45, 7) is 1.53. The second kappa shape index (κ2) is 5.31. The standard InChI is InChI=1S/C13H11N3O2/c14-6-11-5-10(9-17)1-2-13(11)16-3-4-18-12(7-15)8-16/h1-2,5,9,12H,3-4,8H2. The molecule has 1 atom stereocenters. The summed E-state index contributed by atoms with van der Waals surface area (Å²) >= 11 is 0. The van der Waals surface area contributed by atoms with E-state index >= 15 is 0 Å². The van der Waals surface area contributed by atoms with Crippen LogP contribution in [0.25, 0.3) is 0 Å². The largest absolute Gasteiger partial charge is 0.364 e. The van der Waals surface area contributed by atoms with Gasteiger partial charge < -0.3 is 9.64 Å². The zero-order chi connectivity index (χ0) is 13.0. The molecule has 1 saturated heterocycles. The van der Waals surface area contributed by atoms with E-state index in [9.17, 15) is 4.79 Å². The van der Waals surface area contributed by atoms with Gasteiger partial charge in [-0.05, 0) is 18.2 Å². The van der Waals surface area contributed by atoms with Crippen molar-refractivity contribution < 1.29 is 9.53 Å². The lowest BCUT2D eigenvalue weighted by Gasteiger charge is -2.32. The Morgan fingerprint density at radius 1 is 1.44 bits per heavy atom. The van der Waals surface area contributed by atoms with Crippen molar-refractivity contribution in [3.8, 4) is 12.1 Å². The fraction of sp³-hybridized carbons (Fsp3) is 0.308. The van der Waals surface area contributed by atoms with Crippen molar-refractivity contribution in [3.05, 3.63) is 29.3 Å². The number of hydrogen-bond donors (Lipinski definition) is 0. The molecule has 1 aliphatic rings. The van der Waals surface area contributed by atoms with Gasteiger partial charge in [0.25, 0.3) is 0 Å². The third-order valence-electron chi connectivity index (χ3n) is 2.83. The average molecular weight is 241 g/mol. The maximum absolute atomic E-state index is 10.7. The lowest BCUT2D eigenvalue weighted by molar-refractivity contribution is 0.0764. The second-order valence-electron chi connectivity index (χ2n) is 3.94. The monoisotopic (exact) mass is 241 g/mol. The minimum Gasteiger partial charge on any atom is -0.364 e. The number of carbonyl (C=O) groups excluding carboxylic acids is 1. The van der Waals surface area contributed by atoms with E-state index in [4.69, 9.17) is 15.3 Å². The van der Waals surface area contributed by atoms with E-state index in [1.165, 1.54) is 0 Å². The molecule has 0 amide bonds. The SMILES string of the molecule is N#Cc1cc(C=O)ccc1N1CCOC(C#N)C1. The number of hydrogen-bond acceptors (Lipinski definition) is 5. The minimum atomic E-state index is -0.476. The van der Waals surface area contributed by atoms with E-state index in [0.717, 1.165) is 5.69 Å². The van der Waals surface area contributed by atoms with Crippen LogP contribution in [0.1, 0.15) is 15.9 Å². The lowest BCUT2D eigenvalue weighted by Crippen LogP contribution is -2.42. The van der Waals surface area contributed by atoms with E-state index < -0.39 is 6.10 Å². The van der Waals surface area contributed by atoms with Gasteiger partial charge in [0.1, 0.15) is 12.4 Å². The molecule has 5 heteroatoms. The summed E-state index contributed by atoms with van der Waals surface area (Å²) in [6.07, 6.45) is 0.234. The first-order chi connectivity index (χ1) is 8.78. The highest BCUT2D eigenvalue weighted by atomic mass is 16.5. The predicted molar refractivity (Wildman–Crippen MR) is 64.1 cm³/mol. The molecule has 0 bridgehead atoms. The molecule has 0 saturated carbocycles. The van der Waals surface area contributed by atoms with Crippen molar-refractivity contribution in [3.63, 3.8) is 0 Å². The van der Waals surface area contributed by atoms with Crippen LogP contribution >= 0.6 is 0 Å². The Bertz CT molecular complexity index is 542. The van der Waals surface area contributed by atoms with Gasteiger partial charge in [0.05, 0.1) is 30.5 Å². The Balaban J connectivity index is 2.31. The Morgan fingerprint density at radius 3 is 2.94 bits per heavy atom. The molecular formula is C13H11N3O2. The third kappa shape index (κ3) is 2.32. The summed E-state index contributed by atoms with van der Waals surface area (Å²) in [5.74, 6) is 0. The number of ether oxygens (including phenoxy) is 1. The number of carbonyl (C=O) groups is 1. The molecule has 1 aromatic carbocycles. The molecule has 2 rings (SSSR count). The second-order valence-corrected chi connectivity index (χ2v) is 3.94. The topological polar surface area (TPSA) is 77.1 Å². The average Bonchev–Trinajstić information content (AvgIpc) is 2.46. The number of aldehydes is 1. The van der Waals surface area contributed by atoms with Crippen LogP contribution in [0.2, 0.25) is 0 Å². The van der Waals surface area contributed by atoms with Crippen molar-refractivity contribution in [1.29, 1.82) is 10.5 Å². The van der Waals surface area contributed by atoms with Crippen LogP contribution in [0.4, 0.5) is 5.69 Å². The van der Waals surface area contributed by atoms with Crippen molar-refractivity contribution in [2.24, 2.45) is 0 Å². The molecule has 0 radical (unpaired) electrons. The molecule has 0 spiro atoms. The zero-order valence-corrected chi connectivity index (χ0v) is 9.67. The van der Waals surface area contributed by atoms with Crippen LogP contribution < -0.4 is 4.90 Å². The first-order valence-corrected chi connectivity index (χ1v) is 5.54. The normalized spacial score (nSPS) is 18.8. The third-order valence-corrected chi connectivity index (χ3v) is 2.83. The summed E-state index contributed by atoms with van der Waals surface area (Å²) in [5.41, 5.74) is 1.66. The van der Waals surface area contributed by atoms with Crippen LogP contribution in [-0.2, 0) is 4.74 Å². The quantitative estimate of drug-likeness (QED) is 0.724. The Morgan fingerprint density at radius 2 is 2.28 bits per heavy atom. The number of nitriles is 2. The molecule has 90 valence electrons. The molecule has 1 aromatic rings. The molecule has 5 nitrogen and oxygen atoms in total. The van der Waals surface area contributed by atoms with Gasteiger partial charge in [-0.15, -0.1) is 0 Å². The van der Waals surface area contributed by atoms with Gasteiger partial charge in [-0.25, -0.2) is 0 Å². The van der Waals surface area contributed by atoms with Gasteiger partial charge in [0, 0.05) is 12.1 Å². The molecule has 0 aromatic heterocycles. The smallest absolute Gasteiger partial charge is 0.161 e. The highest BCUT2D eigenvalue weighted by molar-refractivity contribution is 5.78. The van der Waals surface area contributed by atoms with Crippen LogP contribution in [0, 0.1) is 22.7 Å². The highest BCUT2D eigenvalue weighted by Crippen LogP contribution is 2.23. The molecule has 1 aliphatic heterocycles. The molecular weight excluding hydrogens is 230 g/mol. The van der Waals surface area contributed by atoms with Gasteiger partial charge in [-0.3, -0.25) is 4.79 Å². The lowest BCUT2D eigenvalue weighted by atomic mass is 10.1. The maximum atomic E-state index is 10.7. The molecule has 0 aliphatic carbocycles. The fourth-order valence-electron chi connectivity index (χ4n) is 1.94. The van der Waals surface area contributed by atoms with Crippen molar-refractivity contribution >= 4 is 12.0 Å². The first-order valence-electron chi connectivity index (χ1n) is 5.54. The number of rotatable bonds is 2. The maximum Gasteiger partial charge on any atom is 0.161 e. The van der Waals surface area contributed by atoms with Crippen molar-refractivity contribution in [2.45, 2.75) is 6.10 Å². The number of anilines is 1. The summed E-state index contributed by atoms with van der Waals surface area (Å²) in [4.78, 5) is 12.6. The van der Waals surface area contributed by atoms with E-state index in [1.807, 2.05) is 4.90 Å². The van der Waals surface area contributed by atoms with Gasteiger partial charge >= 0.3 is 0 Å². The summed E-state index contributed by atoms with van der Waals surface area (Å²) < 4.78 is 5.26. The van der Waals surface area contributed by atoms with E-state index in [-0.39, 0.29) is 0 Å². The zero-order valence-electron chi connectivity index (χ0n) is 9.67. The van der Waals surface area contributed by atoms with Gasteiger partial charge in [-0.2, -0.15) is 10.5 Å². The summed E-state index contributed by atoms with van der Waals surface area (Å²) in [6, 6.07) is 9.10. The van der Waals surface area contributed by atoms with Gasteiger partial charge in [-0.1, -0.05) is 0 Å². The van der Waals surface area contributed by atoms with Gasteiger partial charge in [0.15, 0.2) is 6.10 Å². The molecule has 1 fully saturated rings. The van der Waals surface area contributed by atoms with Gasteiger partial charge in [0.2, 0.25) is 0 Å².